The summed E-state index contributed by atoms with van der Waals surface area (Å²) in [4.78, 5) is 12.4. The highest BCUT2D eigenvalue weighted by atomic mass is 32.2. The van der Waals surface area contributed by atoms with Gasteiger partial charge < -0.3 is 14.2 Å². The standard InChI is InChI=1S/C22H28N2O6S/c1-16(2)29-19-6-4-17(5-7-19)23-22(25)30-20-12-14-24(15-13-20)31(26,27)21-10-8-18(28-3)9-11-21/h4-11,16,20H,12-15H2,1-3H3,(H,23,25). The minimum Gasteiger partial charge on any atom is -0.497 e. The third kappa shape index (κ3) is 6.11. The third-order valence-electron chi connectivity index (χ3n) is 4.84. The summed E-state index contributed by atoms with van der Waals surface area (Å²) in [6.07, 6.45) is 0.0385. The Hall–Kier alpha value is -2.78. The zero-order valence-electron chi connectivity index (χ0n) is 17.9. The van der Waals surface area contributed by atoms with Crippen molar-refractivity contribution in [2.45, 2.75) is 43.8 Å². The van der Waals surface area contributed by atoms with Gasteiger partial charge in [-0.3, -0.25) is 5.32 Å². The number of ether oxygens (including phenoxy) is 3. The van der Waals surface area contributed by atoms with Crippen LogP contribution in [0.4, 0.5) is 10.5 Å². The van der Waals surface area contributed by atoms with Crippen LogP contribution in [0.15, 0.2) is 53.4 Å². The van der Waals surface area contributed by atoms with E-state index in [-0.39, 0.29) is 30.2 Å². The zero-order valence-corrected chi connectivity index (χ0v) is 18.7. The largest absolute Gasteiger partial charge is 0.497 e. The van der Waals surface area contributed by atoms with Crippen LogP contribution in [-0.4, -0.2) is 51.2 Å². The predicted octanol–water partition coefficient (Wildman–Crippen LogP) is 3.88. The average Bonchev–Trinajstić information content (AvgIpc) is 2.75. The summed E-state index contributed by atoms with van der Waals surface area (Å²) in [5.41, 5.74) is 0.598. The van der Waals surface area contributed by atoms with E-state index in [0.29, 0.717) is 24.3 Å². The number of piperidine rings is 1. The lowest BCUT2D eigenvalue weighted by Crippen LogP contribution is -2.41. The Kier molecular flexibility index (Phi) is 7.40. The highest BCUT2D eigenvalue weighted by Gasteiger charge is 2.30. The second kappa shape index (κ2) is 10.0. The minimum absolute atomic E-state index is 0.0724. The van der Waals surface area contributed by atoms with Crippen LogP contribution in [-0.2, 0) is 14.8 Å². The molecule has 1 N–H and O–H groups in total. The monoisotopic (exact) mass is 448 g/mol. The SMILES string of the molecule is COc1ccc(S(=O)(=O)N2CCC(OC(=O)Nc3ccc(OC(C)C)cc3)CC2)cc1. The van der Waals surface area contributed by atoms with Crippen molar-refractivity contribution in [1.82, 2.24) is 4.31 Å². The highest BCUT2D eigenvalue weighted by Crippen LogP contribution is 2.24. The Balaban J connectivity index is 1.49. The molecular formula is C22H28N2O6S. The highest BCUT2D eigenvalue weighted by molar-refractivity contribution is 7.89. The van der Waals surface area contributed by atoms with E-state index >= 15 is 0 Å². The van der Waals surface area contributed by atoms with Crippen molar-refractivity contribution in [2.24, 2.45) is 0 Å². The van der Waals surface area contributed by atoms with Gasteiger partial charge in [0.25, 0.3) is 0 Å². The Morgan fingerprint density at radius 3 is 2.13 bits per heavy atom. The topological polar surface area (TPSA) is 94.2 Å². The lowest BCUT2D eigenvalue weighted by molar-refractivity contribution is 0.0774. The van der Waals surface area contributed by atoms with Gasteiger partial charge in [-0.2, -0.15) is 4.31 Å². The molecule has 0 spiro atoms. The van der Waals surface area contributed by atoms with Gasteiger partial charge in [0.1, 0.15) is 17.6 Å². The number of hydrogen-bond donors (Lipinski definition) is 1. The quantitative estimate of drug-likeness (QED) is 0.691. The molecule has 9 heteroatoms. The van der Waals surface area contributed by atoms with Gasteiger partial charge in [-0.1, -0.05) is 0 Å². The van der Waals surface area contributed by atoms with Crippen molar-refractivity contribution >= 4 is 21.8 Å². The maximum absolute atomic E-state index is 12.8. The summed E-state index contributed by atoms with van der Waals surface area (Å²) in [6.45, 7) is 4.45. The number of benzene rings is 2. The first kappa shape index (κ1) is 22.9. The van der Waals surface area contributed by atoms with Gasteiger partial charge in [-0.25, -0.2) is 13.2 Å². The summed E-state index contributed by atoms with van der Waals surface area (Å²) in [5, 5.41) is 2.69. The Bertz CT molecular complexity index is 966. The molecule has 0 radical (unpaired) electrons. The predicted molar refractivity (Wildman–Crippen MR) is 117 cm³/mol. The van der Waals surface area contributed by atoms with Gasteiger partial charge in [0.15, 0.2) is 0 Å². The molecule has 1 fully saturated rings. The van der Waals surface area contributed by atoms with Crippen molar-refractivity contribution in [2.75, 3.05) is 25.5 Å². The van der Waals surface area contributed by atoms with Crippen LogP contribution in [0, 0.1) is 0 Å². The molecule has 1 saturated heterocycles. The van der Waals surface area contributed by atoms with E-state index in [4.69, 9.17) is 14.2 Å². The third-order valence-corrected chi connectivity index (χ3v) is 6.76. The number of sulfonamides is 1. The first-order valence-electron chi connectivity index (χ1n) is 10.2. The zero-order chi connectivity index (χ0) is 22.4. The van der Waals surface area contributed by atoms with Crippen LogP contribution in [0.3, 0.4) is 0 Å². The molecular weight excluding hydrogens is 420 g/mol. The molecule has 1 amide bonds. The summed E-state index contributed by atoms with van der Waals surface area (Å²) in [6, 6.07) is 13.3. The number of methoxy groups -OCH3 is 1. The molecule has 0 atom stereocenters. The van der Waals surface area contributed by atoms with Crippen LogP contribution in [0.25, 0.3) is 0 Å². The molecule has 0 saturated carbocycles. The maximum atomic E-state index is 12.8. The maximum Gasteiger partial charge on any atom is 0.411 e. The normalized spacial score (nSPS) is 15.5. The van der Waals surface area contributed by atoms with E-state index < -0.39 is 16.1 Å². The molecule has 3 rings (SSSR count). The van der Waals surface area contributed by atoms with E-state index in [1.165, 1.54) is 23.5 Å². The summed E-state index contributed by atoms with van der Waals surface area (Å²) < 4.78 is 43.1. The molecule has 1 aliphatic heterocycles. The number of amides is 1. The summed E-state index contributed by atoms with van der Waals surface area (Å²) >= 11 is 0. The molecule has 2 aromatic rings. The average molecular weight is 449 g/mol. The fourth-order valence-electron chi connectivity index (χ4n) is 3.27. The van der Waals surface area contributed by atoms with E-state index in [0.717, 1.165) is 5.75 Å². The van der Waals surface area contributed by atoms with Crippen molar-refractivity contribution in [1.29, 1.82) is 0 Å². The molecule has 1 aliphatic rings. The van der Waals surface area contributed by atoms with Crippen molar-refractivity contribution in [3.63, 3.8) is 0 Å². The first-order chi connectivity index (χ1) is 14.8. The number of nitrogens with one attached hydrogen (secondary N) is 1. The molecule has 0 bridgehead atoms. The summed E-state index contributed by atoms with van der Waals surface area (Å²) in [5.74, 6) is 1.32. The van der Waals surface area contributed by atoms with Gasteiger partial charge in [-0.15, -0.1) is 0 Å². The molecule has 2 aromatic carbocycles. The number of hydrogen-bond acceptors (Lipinski definition) is 6. The van der Waals surface area contributed by atoms with Crippen LogP contribution in [0.1, 0.15) is 26.7 Å². The van der Waals surface area contributed by atoms with Crippen LogP contribution in [0.5, 0.6) is 11.5 Å². The van der Waals surface area contributed by atoms with E-state index in [9.17, 15) is 13.2 Å². The first-order valence-corrected chi connectivity index (χ1v) is 11.6. The number of anilines is 1. The Morgan fingerprint density at radius 1 is 1.00 bits per heavy atom. The number of carbonyl (C=O) groups is 1. The van der Waals surface area contributed by atoms with Crippen molar-refractivity contribution in [3.8, 4) is 11.5 Å². The number of rotatable bonds is 7. The molecule has 168 valence electrons. The lowest BCUT2D eigenvalue weighted by Gasteiger charge is -2.30. The van der Waals surface area contributed by atoms with E-state index in [2.05, 4.69) is 5.32 Å². The van der Waals surface area contributed by atoms with Crippen molar-refractivity contribution in [3.05, 3.63) is 48.5 Å². The van der Waals surface area contributed by atoms with Gasteiger partial charge >= 0.3 is 6.09 Å². The second-order valence-corrected chi connectivity index (χ2v) is 9.44. The molecule has 0 unspecified atom stereocenters. The summed E-state index contributed by atoms with van der Waals surface area (Å²) in [7, 11) is -2.06. The molecule has 0 aromatic heterocycles. The molecule has 31 heavy (non-hydrogen) atoms. The fourth-order valence-corrected chi connectivity index (χ4v) is 4.74. The Morgan fingerprint density at radius 2 is 1.58 bits per heavy atom. The van der Waals surface area contributed by atoms with Gasteiger partial charge in [0.2, 0.25) is 10.0 Å². The van der Waals surface area contributed by atoms with Crippen LogP contribution < -0.4 is 14.8 Å². The molecule has 0 aliphatic carbocycles. The fraction of sp³-hybridized carbons (Fsp3) is 0.409. The van der Waals surface area contributed by atoms with E-state index in [1.807, 2.05) is 13.8 Å². The Labute approximate surface area is 183 Å². The smallest absolute Gasteiger partial charge is 0.411 e. The number of nitrogens with zero attached hydrogens (tertiary/aromatic N) is 1. The number of carbonyl (C=O) groups excluding carboxylic acids is 1. The van der Waals surface area contributed by atoms with Crippen LogP contribution >= 0.6 is 0 Å². The van der Waals surface area contributed by atoms with Gasteiger partial charge in [-0.05, 0) is 75.2 Å². The van der Waals surface area contributed by atoms with Crippen molar-refractivity contribution < 1.29 is 27.4 Å². The minimum atomic E-state index is -3.59. The van der Waals surface area contributed by atoms with E-state index in [1.54, 1.807) is 36.4 Å². The molecule has 8 nitrogen and oxygen atoms in total. The second-order valence-electron chi connectivity index (χ2n) is 7.50. The van der Waals surface area contributed by atoms with Gasteiger partial charge in [0, 0.05) is 18.8 Å². The lowest BCUT2D eigenvalue weighted by atomic mass is 10.1. The molecule has 1 heterocycles. The van der Waals surface area contributed by atoms with Gasteiger partial charge in [0.05, 0.1) is 18.1 Å². The van der Waals surface area contributed by atoms with Crippen LogP contribution in [0.2, 0.25) is 0 Å².